The van der Waals surface area contributed by atoms with Crippen LogP contribution < -0.4 is 5.73 Å². The Hall–Kier alpha value is -3.37. The van der Waals surface area contributed by atoms with Crippen molar-refractivity contribution >= 4 is 19.8 Å². The first-order chi connectivity index (χ1) is 25.7. The Labute approximate surface area is 319 Å². The van der Waals surface area contributed by atoms with Gasteiger partial charge in [0.2, 0.25) is 0 Å². The molecule has 0 saturated carbocycles. The van der Waals surface area contributed by atoms with Gasteiger partial charge < -0.3 is 25.2 Å². The molecule has 0 aromatic carbocycles. The number of nitrogens with two attached hydrogens (primary N) is 1. The Balaban J connectivity index is 4.55. The molecule has 0 rings (SSSR count). The molecule has 0 bridgehead atoms. The summed E-state index contributed by atoms with van der Waals surface area (Å²) in [7, 11) is -4.65. The first-order valence-electron chi connectivity index (χ1n) is 18.9. The van der Waals surface area contributed by atoms with E-state index in [9.17, 15) is 19.0 Å². The molecular weight excluding hydrogens is 693 g/mol. The van der Waals surface area contributed by atoms with E-state index in [1.165, 1.54) is 0 Å². The second kappa shape index (κ2) is 37.0. The van der Waals surface area contributed by atoms with Crippen LogP contribution in [0.1, 0.15) is 104 Å². The monoisotopic (exact) mass is 759 g/mol. The summed E-state index contributed by atoms with van der Waals surface area (Å²) in [5.74, 6) is -1.94. The number of phosphoric acid groups is 1. The molecule has 3 atom stereocenters. The standard InChI is InChI=1S/C42H66NO9P/c1-3-5-7-9-11-13-15-17-19-21-23-25-27-29-31-33-35-49-36-39(37-50-53(47,48)51-38-40(43)42(45)46)52-41(44)34-32-30-28-26-24-22-20-18-16-14-12-10-8-6-4-2/h5-8,11-14,17-20,23-26,30,32,39-40H,3-4,9-10,15-16,21-22,27-29,31,33-38,43H2,1-2H3,(H,45,46)(H,47,48)/b7-5-,8-6-,13-11-,14-12-,19-17-,20-18-,25-23-,26-24-,32-30-. The number of rotatable bonds is 34. The molecule has 0 aromatic rings. The summed E-state index contributed by atoms with van der Waals surface area (Å²) in [5, 5.41) is 8.87. The Morgan fingerprint density at radius 3 is 1.51 bits per heavy atom. The fraction of sp³-hybridized carbons (Fsp3) is 0.524. The van der Waals surface area contributed by atoms with E-state index in [-0.39, 0.29) is 13.0 Å². The van der Waals surface area contributed by atoms with Gasteiger partial charge in [-0.05, 0) is 77.0 Å². The van der Waals surface area contributed by atoms with Gasteiger partial charge in [-0.1, -0.05) is 130 Å². The van der Waals surface area contributed by atoms with E-state index < -0.39 is 45.1 Å². The molecule has 11 heteroatoms. The fourth-order valence-electron chi connectivity index (χ4n) is 4.20. The first-order valence-corrected chi connectivity index (χ1v) is 20.4. The van der Waals surface area contributed by atoms with Gasteiger partial charge in [0, 0.05) is 6.61 Å². The Kier molecular flexibility index (Phi) is 34.6. The highest BCUT2D eigenvalue weighted by Gasteiger charge is 2.27. The van der Waals surface area contributed by atoms with Gasteiger partial charge in [0.05, 0.1) is 26.2 Å². The van der Waals surface area contributed by atoms with Gasteiger partial charge in [0.25, 0.3) is 0 Å². The molecule has 0 heterocycles. The second-order valence-electron chi connectivity index (χ2n) is 12.0. The molecule has 0 aliphatic carbocycles. The van der Waals surface area contributed by atoms with Crippen LogP contribution in [0, 0.1) is 0 Å². The molecule has 0 radical (unpaired) electrons. The van der Waals surface area contributed by atoms with E-state index in [4.69, 9.17) is 24.8 Å². The maximum absolute atomic E-state index is 12.5. The lowest BCUT2D eigenvalue weighted by Crippen LogP contribution is -2.34. The molecule has 0 saturated heterocycles. The number of carbonyl (C=O) groups is 2. The third-order valence-electron chi connectivity index (χ3n) is 7.08. The van der Waals surface area contributed by atoms with E-state index in [2.05, 4.69) is 110 Å². The lowest BCUT2D eigenvalue weighted by molar-refractivity contribution is -0.153. The third-order valence-corrected chi connectivity index (χ3v) is 8.03. The van der Waals surface area contributed by atoms with Crippen molar-refractivity contribution in [1.29, 1.82) is 0 Å². The van der Waals surface area contributed by atoms with Gasteiger partial charge in [0.1, 0.15) is 12.1 Å². The zero-order valence-corrected chi connectivity index (χ0v) is 32.9. The SMILES string of the molecule is CC/C=C\C/C=C\C/C=C\C/C=C\C/C=C\CC(=O)OC(COCCCCC/C=C\C/C=C\C/C=C\C/C=C\CC)COP(=O)(O)OCC(N)C(=O)O. The van der Waals surface area contributed by atoms with Crippen LogP contribution in [-0.4, -0.2) is 60.5 Å². The quantitative estimate of drug-likeness (QED) is 0.0250. The predicted octanol–water partition coefficient (Wildman–Crippen LogP) is 9.97. The van der Waals surface area contributed by atoms with Crippen LogP contribution in [-0.2, 0) is 32.7 Å². The van der Waals surface area contributed by atoms with Crippen molar-refractivity contribution < 1.29 is 42.7 Å². The average Bonchev–Trinajstić information content (AvgIpc) is 3.13. The minimum Gasteiger partial charge on any atom is -0.480 e. The van der Waals surface area contributed by atoms with Crippen LogP contribution in [0.2, 0.25) is 0 Å². The molecule has 0 aliphatic rings. The molecule has 53 heavy (non-hydrogen) atoms. The number of unbranched alkanes of at least 4 members (excludes halogenated alkanes) is 3. The molecule has 4 N–H and O–H groups in total. The molecule has 0 aromatic heterocycles. The number of carboxylic acid groups (broad SMARTS) is 1. The topological polar surface area (TPSA) is 155 Å². The van der Waals surface area contributed by atoms with Crippen LogP contribution in [0.25, 0.3) is 0 Å². The van der Waals surface area contributed by atoms with Crippen molar-refractivity contribution in [3.05, 3.63) is 109 Å². The molecular formula is C42H66NO9P. The maximum atomic E-state index is 12.5. The fourth-order valence-corrected chi connectivity index (χ4v) is 4.97. The largest absolute Gasteiger partial charge is 0.480 e. The van der Waals surface area contributed by atoms with Crippen molar-refractivity contribution in [2.24, 2.45) is 5.73 Å². The predicted molar refractivity (Wildman–Crippen MR) is 216 cm³/mol. The van der Waals surface area contributed by atoms with Gasteiger partial charge in [-0.25, -0.2) is 4.57 Å². The molecule has 0 amide bonds. The number of ether oxygens (including phenoxy) is 2. The van der Waals surface area contributed by atoms with Crippen LogP contribution >= 0.6 is 7.82 Å². The second-order valence-corrected chi connectivity index (χ2v) is 13.4. The van der Waals surface area contributed by atoms with Crippen LogP contribution in [0.3, 0.4) is 0 Å². The highest BCUT2D eigenvalue weighted by Crippen LogP contribution is 2.43. The van der Waals surface area contributed by atoms with Crippen molar-refractivity contribution in [3.8, 4) is 0 Å². The lowest BCUT2D eigenvalue weighted by atomic mass is 10.2. The molecule has 0 fully saturated rings. The summed E-state index contributed by atoms with van der Waals surface area (Å²) in [6.45, 7) is 3.40. The molecule has 298 valence electrons. The smallest absolute Gasteiger partial charge is 0.472 e. The zero-order valence-electron chi connectivity index (χ0n) is 32.1. The van der Waals surface area contributed by atoms with Crippen molar-refractivity contribution in [1.82, 2.24) is 0 Å². The molecule has 3 unspecified atom stereocenters. The summed E-state index contributed by atoms with van der Waals surface area (Å²) in [4.78, 5) is 33.3. The van der Waals surface area contributed by atoms with E-state index >= 15 is 0 Å². The maximum Gasteiger partial charge on any atom is 0.472 e. The average molecular weight is 760 g/mol. The minimum absolute atomic E-state index is 0.00205. The number of aliphatic carboxylic acids is 1. The lowest BCUT2D eigenvalue weighted by Gasteiger charge is -2.20. The highest BCUT2D eigenvalue weighted by molar-refractivity contribution is 7.47. The number of hydrogen-bond donors (Lipinski definition) is 3. The van der Waals surface area contributed by atoms with Gasteiger partial charge in [-0.3, -0.25) is 18.6 Å². The number of hydrogen-bond acceptors (Lipinski definition) is 8. The number of phosphoric ester groups is 1. The van der Waals surface area contributed by atoms with E-state index in [1.807, 2.05) is 12.2 Å². The minimum atomic E-state index is -4.65. The van der Waals surface area contributed by atoms with Gasteiger partial charge in [-0.15, -0.1) is 0 Å². The highest BCUT2D eigenvalue weighted by atomic mass is 31.2. The Morgan fingerprint density at radius 1 is 0.604 bits per heavy atom. The molecule has 0 aliphatic heterocycles. The van der Waals surface area contributed by atoms with Gasteiger partial charge in [-0.2, -0.15) is 0 Å². The van der Waals surface area contributed by atoms with Crippen LogP contribution in [0.4, 0.5) is 0 Å². The molecule has 10 nitrogen and oxygen atoms in total. The van der Waals surface area contributed by atoms with E-state index in [1.54, 1.807) is 6.08 Å². The third kappa shape index (κ3) is 36.8. The summed E-state index contributed by atoms with van der Waals surface area (Å²) < 4.78 is 33.0. The van der Waals surface area contributed by atoms with E-state index in [0.717, 1.165) is 77.0 Å². The summed E-state index contributed by atoms with van der Waals surface area (Å²) in [6.07, 6.45) is 48.9. The van der Waals surface area contributed by atoms with Crippen molar-refractivity contribution in [3.63, 3.8) is 0 Å². The molecule has 0 spiro atoms. The number of esters is 1. The van der Waals surface area contributed by atoms with Crippen LogP contribution in [0.15, 0.2) is 109 Å². The summed E-state index contributed by atoms with van der Waals surface area (Å²) in [5.41, 5.74) is 5.33. The van der Waals surface area contributed by atoms with Gasteiger partial charge in [0.15, 0.2) is 0 Å². The Bertz CT molecular complexity index is 1250. The number of carbonyl (C=O) groups excluding carboxylic acids is 1. The summed E-state index contributed by atoms with van der Waals surface area (Å²) >= 11 is 0. The van der Waals surface area contributed by atoms with Crippen molar-refractivity contribution in [2.45, 2.75) is 116 Å². The summed E-state index contributed by atoms with van der Waals surface area (Å²) in [6, 6.07) is -1.50. The normalized spacial score (nSPS) is 15.2. The Morgan fingerprint density at radius 2 is 1.04 bits per heavy atom. The van der Waals surface area contributed by atoms with Crippen LogP contribution in [0.5, 0.6) is 0 Å². The van der Waals surface area contributed by atoms with Crippen molar-refractivity contribution in [2.75, 3.05) is 26.4 Å². The number of carboxylic acids is 1. The van der Waals surface area contributed by atoms with Gasteiger partial charge >= 0.3 is 19.8 Å². The van der Waals surface area contributed by atoms with E-state index in [0.29, 0.717) is 13.0 Å². The number of allylic oxidation sites excluding steroid dienone is 17. The zero-order chi connectivity index (χ0) is 39.1. The first kappa shape index (κ1) is 49.6.